The third-order valence-electron chi connectivity index (χ3n) is 4.61. The topological polar surface area (TPSA) is 82.8 Å². The van der Waals surface area contributed by atoms with Crippen LogP contribution in [0.25, 0.3) is 0 Å². The number of aliphatic imine (C=N–C) groups is 1. The number of nitrogens with one attached hydrogen (secondary N) is 1. The summed E-state index contributed by atoms with van der Waals surface area (Å²) in [6, 6.07) is 1.47. The maximum Gasteiger partial charge on any atom is 0.327 e. The molecule has 1 aliphatic carbocycles. The Hall–Kier alpha value is -2.31. The lowest BCUT2D eigenvalue weighted by atomic mass is 9.84. The summed E-state index contributed by atoms with van der Waals surface area (Å²) in [6.07, 6.45) is 11.5. The van der Waals surface area contributed by atoms with Crippen molar-refractivity contribution in [3.63, 3.8) is 0 Å². The van der Waals surface area contributed by atoms with E-state index < -0.39 is 6.29 Å². The summed E-state index contributed by atoms with van der Waals surface area (Å²) < 4.78 is 1.53. The van der Waals surface area contributed by atoms with Crippen LogP contribution < -0.4 is 5.32 Å². The summed E-state index contributed by atoms with van der Waals surface area (Å²) in [5.74, 6) is 0.365. The quantitative estimate of drug-likeness (QED) is 0.899. The van der Waals surface area contributed by atoms with Gasteiger partial charge in [0.1, 0.15) is 0 Å². The third kappa shape index (κ3) is 3.38. The van der Waals surface area contributed by atoms with E-state index in [9.17, 15) is 9.90 Å². The molecule has 1 unspecified atom stereocenters. The van der Waals surface area contributed by atoms with Crippen molar-refractivity contribution >= 4 is 12.2 Å². The minimum absolute atomic E-state index is 0.0692. The first-order valence-corrected chi connectivity index (χ1v) is 8.18. The van der Waals surface area contributed by atoms with Gasteiger partial charge in [0.05, 0.1) is 0 Å². The molecule has 2 heterocycles. The van der Waals surface area contributed by atoms with Gasteiger partial charge in [0.25, 0.3) is 0 Å². The SMILES string of the molecule is C[C@H](NC(=O)N1C(O)=CC=NC1n1cccn1)C1CCCCC1. The Labute approximate surface area is 135 Å². The summed E-state index contributed by atoms with van der Waals surface area (Å²) in [4.78, 5) is 18.1. The highest BCUT2D eigenvalue weighted by atomic mass is 16.3. The third-order valence-corrected chi connectivity index (χ3v) is 4.61. The predicted octanol–water partition coefficient (Wildman–Crippen LogP) is 2.80. The molecule has 7 nitrogen and oxygen atoms in total. The van der Waals surface area contributed by atoms with Crippen LogP contribution in [0, 0.1) is 5.92 Å². The highest BCUT2D eigenvalue weighted by Gasteiger charge is 2.32. The van der Waals surface area contributed by atoms with Crippen molar-refractivity contribution in [2.24, 2.45) is 10.9 Å². The van der Waals surface area contributed by atoms with Gasteiger partial charge in [-0.05, 0) is 31.7 Å². The van der Waals surface area contributed by atoms with Crippen molar-refractivity contribution in [2.45, 2.75) is 51.4 Å². The van der Waals surface area contributed by atoms with Gasteiger partial charge >= 0.3 is 6.03 Å². The van der Waals surface area contributed by atoms with Gasteiger partial charge in [-0.1, -0.05) is 19.3 Å². The maximum absolute atomic E-state index is 12.7. The predicted molar refractivity (Wildman–Crippen MR) is 86.9 cm³/mol. The van der Waals surface area contributed by atoms with E-state index >= 15 is 0 Å². The van der Waals surface area contributed by atoms with Crippen molar-refractivity contribution in [2.75, 3.05) is 0 Å². The number of hydrogen-bond donors (Lipinski definition) is 2. The molecule has 0 aromatic carbocycles. The number of carbonyl (C=O) groups is 1. The molecule has 23 heavy (non-hydrogen) atoms. The first-order chi connectivity index (χ1) is 11.2. The van der Waals surface area contributed by atoms with Crippen molar-refractivity contribution in [3.8, 4) is 0 Å². The Morgan fingerprint density at radius 2 is 2.17 bits per heavy atom. The van der Waals surface area contributed by atoms with E-state index in [1.54, 1.807) is 18.5 Å². The summed E-state index contributed by atoms with van der Waals surface area (Å²) in [5.41, 5.74) is 0. The van der Waals surface area contributed by atoms with Crippen molar-refractivity contribution in [1.29, 1.82) is 0 Å². The van der Waals surface area contributed by atoms with Crippen molar-refractivity contribution < 1.29 is 9.90 Å². The largest absolute Gasteiger partial charge is 0.494 e. The molecule has 1 aromatic rings. The Morgan fingerprint density at radius 1 is 1.39 bits per heavy atom. The smallest absolute Gasteiger partial charge is 0.327 e. The molecule has 2 atom stereocenters. The number of aliphatic hydroxyl groups excluding tert-OH is 1. The molecule has 0 spiro atoms. The molecule has 0 saturated heterocycles. The van der Waals surface area contributed by atoms with Crippen LogP contribution in [0.1, 0.15) is 45.3 Å². The second-order valence-electron chi connectivity index (χ2n) is 6.16. The molecule has 3 rings (SSSR count). The molecule has 124 valence electrons. The number of rotatable bonds is 3. The normalized spacial score (nSPS) is 23.4. The van der Waals surface area contributed by atoms with Crippen LogP contribution in [0.5, 0.6) is 0 Å². The molecule has 2 amide bonds. The van der Waals surface area contributed by atoms with Crippen LogP contribution in [0.3, 0.4) is 0 Å². The summed E-state index contributed by atoms with van der Waals surface area (Å²) in [6.45, 7) is 2.03. The van der Waals surface area contributed by atoms with Gasteiger partial charge in [0.2, 0.25) is 6.29 Å². The van der Waals surface area contributed by atoms with Gasteiger partial charge < -0.3 is 10.4 Å². The van der Waals surface area contributed by atoms with Crippen LogP contribution in [0.15, 0.2) is 35.4 Å². The molecular weight excluding hydrogens is 294 g/mol. The lowest BCUT2D eigenvalue weighted by Gasteiger charge is -2.33. The van der Waals surface area contributed by atoms with Gasteiger partial charge in [0, 0.05) is 30.7 Å². The van der Waals surface area contributed by atoms with Crippen molar-refractivity contribution in [3.05, 3.63) is 30.4 Å². The van der Waals surface area contributed by atoms with Gasteiger partial charge in [0.15, 0.2) is 5.88 Å². The van der Waals surface area contributed by atoms with Gasteiger partial charge in [-0.2, -0.15) is 5.10 Å². The van der Waals surface area contributed by atoms with Crippen molar-refractivity contribution in [1.82, 2.24) is 20.0 Å². The zero-order valence-electron chi connectivity index (χ0n) is 13.3. The molecule has 1 aromatic heterocycles. The molecular formula is C16H23N5O2. The van der Waals surface area contributed by atoms with E-state index in [-0.39, 0.29) is 18.0 Å². The first kappa shape index (κ1) is 15.6. The number of aliphatic hydroxyl groups is 1. The highest BCUT2D eigenvalue weighted by Crippen LogP contribution is 2.27. The second-order valence-corrected chi connectivity index (χ2v) is 6.16. The minimum atomic E-state index is -0.700. The van der Waals surface area contributed by atoms with E-state index in [1.165, 1.54) is 41.1 Å². The van der Waals surface area contributed by atoms with Crippen LogP contribution in [-0.2, 0) is 0 Å². The summed E-state index contributed by atoms with van der Waals surface area (Å²) >= 11 is 0. The van der Waals surface area contributed by atoms with E-state index in [2.05, 4.69) is 15.4 Å². The monoisotopic (exact) mass is 317 g/mol. The van der Waals surface area contributed by atoms with E-state index in [1.807, 2.05) is 6.92 Å². The Bertz CT molecular complexity index is 590. The Morgan fingerprint density at radius 3 is 2.87 bits per heavy atom. The zero-order valence-corrected chi connectivity index (χ0v) is 13.3. The first-order valence-electron chi connectivity index (χ1n) is 8.18. The number of hydrogen-bond acceptors (Lipinski definition) is 4. The molecule has 0 radical (unpaired) electrons. The average molecular weight is 317 g/mol. The molecule has 1 saturated carbocycles. The van der Waals surface area contributed by atoms with Crippen LogP contribution >= 0.6 is 0 Å². The lowest BCUT2D eigenvalue weighted by Crippen LogP contribution is -2.49. The van der Waals surface area contributed by atoms with Crippen LogP contribution in [0.2, 0.25) is 0 Å². The second kappa shape index (κ2) is 6.85. The minimum Gasteiger partial charge on any atom is -0.494 e. The van der Waals surface area contributed by atoms with E-state index in [0.717, 1.165) is 12.8 Å². The van der Waals surface area contributed by atoms with Crippen LogP contribution in [0.4, 0.5) is 4.79 Å². The Balaban J connectivity index is 1.71. The molecule has 2 N–H and O–H groups in total. The van der Waals surface area contributed by atoms with Gasteiger partial charge in [-0.3, -0.25) is 0 Å². The fraction of sp³-hybridized carbons (Fsp3) is 0.562. The molecule has 2 aliphatic rings. The molecule has 7 heteroatoms. The Kier molecular flexibility index (Phi) is 4.64. The summed E-state index contributed by atoms with van der Waals surface area (Å²) in [5, 5.41) is 17.3. The lowest BCUT2D eigenvalue weighted by molar-refractivity contribution is 0.115. The fourth-order valence-corrected chi connectivity index (χ4v) is 3.28. The molecule has 1 fully saturated rings. The standard InChI is InChI=1S/C16H23N5O2/c1-12(13-6-3-2-4-7-13)19-16(23)21-14(22)8-10-17-15(21)20-11-5-9-18-20/h5,8-13,15,22H,2-4,6-7H2,1H3,(H,19,23)/t12-,15?/m0/s1. The van der Waals surface area contributed by atoms with Gasteiger partial charge in [-0.15, -0.1) is 0 Å². The van der Waals surface area contributed by atoms with E-state index in [0.29, 0.717) is 5.92 Å². The molecule has 1 aliphatic heterocycles. The number of amides is 2. The van der Waals surface area contributed by atoms with E-state index in [4.69, 9.17) is 0 Å². The number of allylic oxidation sites excluding steroid dienone is 1. The fourth-order valence-electron chi connectivity index (χ4n) is 3.28. The number of aromatic nitrogens is 2. The number of carbonyl (C=O) groups excluding carboxylic acids is 1. The molecule has 0 bridgehead atoms. The maximum atomic E-state index is 12.7. The zero-order chi connectivity index (χ0) is 16.2. The highest BCUT2D eigenvalue weighted by molar-refractivity contribution is 5.80. The summed E-state index contributed by atoms with van der Waals surface area (Å²) in [7, 11) is 0. The average Bonchev–Trinajstić information content (AvgIpc) is 3.09. The van der Waals surface area contributed by atoms with Crippen LogP contribution in [-0.4, -0.2) is 38.1 Å². The number of nitrogens with zero attached hydrogens (tertiary/aromatic N) is 4. The number of urea groups is 1. The van der Waals surface area contributed by atoms with Gasteiger partial charge in [-0.25, -0.2) is 19.4 Å².